The summed E-state index contributed by atoms with van der Waals surface area (Å²) in [5, 5.41) is 12.8. The lowest BCUT2D eigenvalue weighted by Gasteiger charge is -2.68. The largest absolute Gasteiger partial charge is 0.465 e. The number of fused-ring (bicyclic) bond motifs is 5. The number of aliphatic hydroxyl groups is 1. The maximum Gasteiger partial charge on any atom is 0.340 e. The van der Waals surface area contributed by atoms with E-state index in [1.165, 1.54) is 51.2 Å². The molecule has 1 aromatic carbocycles. The molecule has 4 aliphatic rings. The molecule has 3 fully saturated rings. The molecule has 2 saturated carbocycles. The SMILES string of the molecule is CC(=O)OCC12C(OC(=O)c3ccccc3)C(O)C3OC(=O)C(C)CCc4ncccc4C(=O)OCC4(C)OC1(C(OC(C)=O)C4C(OC(C)=O)C2OC(C)=O)C3(C)C. The van der Waals surface area contributed by atoms with Gasteiger partial charge in [-0.3, -0.25) is 29.0 Å². The number of hydrogen-bond donors (Lipinski definition) is 1. The summed E-state index contributed by atoms with van der Waals surface area (Å²) in [5.41, 5.74) is -7.94. The molecule has 2 aliphatic heterocycles. The van der Waals surface area contributed by atoms with Crippen molar-refractivity contribution in [1.29, 1.82) is 0 Å². The molecule has 0 radical (unpaired) electrons. The maximum atomic E-state index is 14.2. The minimum atomic E-state index is -2.38. The quantitative estimate of drug-likeness (QED) is 0.313. The van der Waals surface area contributed by atoms with Crippen LogP contribution in [0, 0.1) is 22.7 Å². The first-order valence-electron chi connectivity index (χ1n) is 19.3. The Morgan fingerprint density at radius 3 is 2.10 bits per heavy atom. The number of carbonyl (C=O) groups excluding carboxylic acids is 7. The van der Waals surface area contributed by atoms with Crippen LogP contribution in [-0.2, 0) is 68.3 Å². The lowest BCUT2D eigenvalue weighted by Crippen LogP contribution is -2.86. The molecule has 6 rings (SSSR count). The van der Waals surface area contributed by atoms with E-state index in [1.807, 2.05) is 0 Å². The molecule has 1 aromatic heterocycles. The molecule has 1 N–H and O–H groups in total. The predicted octanol–water partition coefficient (Wildman–Crippen LogP) is 2.86. The van der Waals surface area contributed by atoms with E-state index in [9.17, 15) is 38.7 Å². The van der Waals surface area contributed by atoms with Gasteiger partial charge < -0.3 is 43.0 Å². The third kappa shape index (κ3) is 7.21. The molecule has 4 bridgehead atoms. The molecule has 3 heterocycles. The van der Waals surface area contributed by atoms with Crippen molar-refractivity contribution in [2.45, 2.75) is 116 Å². The van der Waals surface area contributed by atoms with Gasteiger partial charge in [-0.1, -0.05) is 39.0 Å². The molecule has 2 aliphatic carbocycles. The minimum Gasteiger partial charge on any atom is -0.465 e. The van der Waals surface area contributed by atoms with E-state index in [4.69, 9.17) is 37.9 Å². The second kappa shape index (κ2) is 16.0. The zero-order valence-corrected chi connectivity index (χ0v) is 34.1. The van der Waals surface area contributed by atoms with Gasteiger partial charge >= 0.3 is 41.8 Å². The average Bonchev–Trinajstić information content (AvgIpc) is 3.39. The summed E-state index contributed by atoms with van der Waals surface area (Å²) in [6.45, 7) is 8.97. The number of ether oxygens (including phenoxy) is 8. The van der Waals surface area contributed by atoms with Gasteiger partial charge in [0, 0.05) is 39.3 Å². The van der Waals surface area contributed by atoms with Crippen molar-refractivity contribution < 1.29 is 76.6 Å². The monoisotopic (exact) mass is 823 g/mol. The molecule has 0 amide bonds. The van der Waals surface area contributed by atoms with E-state index in [2.05, 4.69) is 4.98 Å². The molecule has 2 aromatic rings. The maximum absolute atomic E-state index is 14.2. The van der Waals surface area contributed by atoms with Gasteiger partial charge in [0.05, 0.1) is 28.7 Å². The number of aliphatic hydroxyl groups excluding tert-OH is 1. The Balaban J connectivity index is 1.74. The van der Waals surface area contributed by atoms with Gasteiger partial charge in [0.25, 0.3) is 0 Å². The van der Waals surface area contributed by atoms with Crippen LogP contribution in [0.1, 0.15) is 88.2 Å². The highest BCUT2D eigenvalue weighted by Gasteiger charge is 2.90. The van der Waals surface area contributed by atoms with Crippen molar-refractivity contribution in [3.63, 3.8) is 0 Å². The van der Waals surface area contributed by atoms with Crippen LogP contribution in [0.4, 0.5) is 0 Å². The van der Waals surface area contributed by atoms with E-state index in [0.717, 1.165) is 27.7 Å². The Morgan fingerprint density at radius 2 is 1.47 bits per heavy atom. The van der Waals surface area contributed by atoms with Crippen molar-refractivity contribution >= 4 is 41.8 Å². The number of cyclic esters (lactones) is 1. The van der Waals surface area contributed by atoms with Crippen molar-refractivity contribution in [2.24, 2.45) is 22.7 Å². The van der Waals surface area contributed by atoms with E-state index in [1.54, 1.807) is 25.1 Å². The molecule has 318 valence electrons. The Labute approximate surface area is 340 Å². The second-order valence-electron chi connectivity index (χ2n) is 16.4. The highest BCUT2D eigenvalue weighted by atomic mass is 16.7. The number of rotatable bonds is 7. The van der Waals surface area contributed by atoms with Crippen LogP contribution in [0.3, 0.4) is 0 Å². The summed E-state index contributed by atoms with van der Waals surface area (Å²) in [4.78, 5) is 99.6. The van der Waals surface area contributed by atoms with Gasteiger partial charge in [0.15, 0.2) is 6.10 Å². The predicted molar refractivity (Wildman–Crippen MR) is 199 cm³/mol. The van der Waals surface area contributed by atoms with Crippen LogP contribution in [-0.4, -0.2) is 113 Å². The van der Waals surface area contributed by atoms with Gasteiger partial charge in [-0.15, -0.1) is 0 Å². The zero-order chi connectivity index (χ0) is 43.2. The van der Waals surface area contributed by atoms with Crippen molar-refractivity contribution in [3.8, 4) is 0 Å². The minimum absolute atomic E-state index is 0.00448. The number of benzene rings is 1. The first-order valence-corrected chi connectivity index (χ1v) is 19.3. The van der Waals surface area contributed by atoms with Crippen LogP contribution in [0.15, 0.2) is 48.7 Å². The van der Waals surface area contributed by atoms with E-state index < -0.39 is 125 Å². The van der Waals surface area contributed by atoms with Gasteiger partial charge in [-0.2, -0.15) is 0 Å². The number of aryl methyl sites for hydroxylation is 1. The summed E-state index contributed by atoms with van der Waals surface area (Å²) in [5.74, 6) is -8.52. The summed E-state index contributed by atoms with van der Waals surface area (Å²) in [6.07, 6.45) is -9.12. The molecule has 17 heteroatoms. The second-order valence-corrected chi connectivity index (χ2v) is 16.4. The lowest BCUT2D eigenvalue weighted by atomic mass is 9.42. The van der Waals surface area contributed by atoms with Crippen LogP contribution in [0.25, 0.3) is 0 Å². The van der Waals surface area contributed by atoms with Crippen LogP contribution >= 0.6 is 0 Å². The van der Waals surface area contributed by atoms with Crippen LogP contribution < -0.4 is 0 Å². The average molecular weight is 824 g/mol. The number of aromatic nitrogens is 1. The van der Waals surface area contributed by atoms with Crippen LogP contribution in [0.2, 0.25) is 0 Å². The highest BCUT2D eigenvalue weighted by molar-refractivity contribution is 5.91. The lowest BCUT2D eigenvalue weighted by molar-refractivity contribution is -0.369. The van der Waals surface area contributed by atoms with Crippen LogP contribution in [0.5, 0.6) is 0 Å². The van der Waals surface area contributed by atoms with E-state index in [-0.39, 0.29) is 24.0 Å². The van der Waals surface area contributed by atoms with Crippen molar-refractivity contribution in [3.05, 3.63) is 65.5 Å². The fraction of sp³-hybridized carbons (Fsp3) is 0.571. The third-order valence-corrected chi connectivity index (χ3v) is 12.2. The molecular formula is C42H49NO16. The normalized spacial score (nSPS) is 34.7. The first kappa shape index (κ1) is 43.2. The summed E-state index contributed by atoms with van der Waals surface area (Å²) >= 11 is 0. The standard InChI is InChI=1S/C42H49NO16/c1-21-16-17-28-27(15-12-18-43-28)38(51)53-19-40(8)29-31(54-23(3)45)35(56-25(5)47)41(20-52-22(2)44)34(58-37(50)26-13-10-9-11-14-26)30(48)33(57-36(21)49)39(6,7)42(41,59-40)32(29)55-24(4)46/h9-15,18,21,29-35,48H,16-17,19-20H2,1-8H3. The molecule has 1 spiro atoms. The number of hydrogen-bond acceptors (Lipinski definition) is 17. The van der Waals surface area contributed by atoms with E-state index in [0.29, 0.717) is 5.69 Å². The molecule has 17 nitrogen and oxygen atoms in total. The summed E-state index contributed by atoms with van der Waals surface area (Å²) < 4.78 is 49.9. The van der Waals surface area contributed by atoms with Gasteiger partial charge in [0.2, 0.25) is 0 Å². The fourth-order valence-electron chi connectivity index (χ4n) is 9.81. The first-order chi connectivity index (χ1) is 27.7. The molecule has 11 unspecified atom stereocenters. The highest BCUT2D eigenvalue weighted by Crippen LogP contribution is 2.72. The number of pyridine rings is 1. The third-order valence-electron chi connectivity index (χ3n) is 12.2. The molecule has 59 heavy (non-hydrogen) atoms. The smallest absolute Gasteiger partial charge is 0.340 e. The topological polar surface area (TPSA) is 226 Å². The molecule has 11 atom stereocenters. The Hall–Kier alpha value is -5.42. The summed E-state index contributed by atoms with van der Waals surface area (Å²) in [7, 11) is 0. The van der Waals surface area contributed by atoms with Gasteiger partial charge in [-0.25, -0.2) is 9.59 Å². The number of carbonyl (C=O) groups is 7. The van der Waals surface area contributed by atoms with Gasteiger partial charge in [0.1, 0.15) is 60.4 Å². The van der Waals surface area contributed by atoms with Crippen molar-refractivity contribution in [2.75, 3.05) is 13.2 Å². The Bertz CT molecular complexity index is 2020. The Kier molecular flexibility index (Phi) is 11.7. The number of esters is 7. The molecule has 1 saturated heterocycles. The zero-order valence-electron chi connectivity index (χ0n) is 34.1. The van der Waals surface area contributed by atoms with Crippen molar-refractivity contribution in [1.82, 2.24) is 4.98 Å². The van der Waals surface area contributed by atoms with Gasteiger partial charge in [-0.05, 0) is 44.0 Å². The molecular weight excluding hydrogens is 774 g/mol. The Morgan fingerprint density at radius 1 is 0.831 bits per heavy atom. The van der Waals surface area contributed by atoms with E-state index >= 15 is 0 Å². The number of nitrogens with zero attached hydrogens (tertiary/aromatic N) is 1. The summed E-state index contributed by atoms with van der Waals surface area (Å²) in [6, 6.07) is 10.7. The fourth-order valence-corrected chi connectivity index (χ4v) is 9.81.